The Bertz CT molecular complexity index is 1050. The van der Waals surface area contributed by atoms with Gasteiger partial charge in [-0.05, 0) is 22.8 Å². The molecule has 0 aliphatic heterocycles. The fraction of sp³-hybridized carbons (Fsp3) is 0.326. The van der Waals surface area contributed by atoms with E-state index in [1.807, 2.05) is 159 Å². The van der Waals surface area contributed by atoms with Crippen LogP contribution in [0.15, 0.2) is 127 Å². The molecule has 0 aromatic heterocycles. The average molecular weight is 597 g/mol. The minimum atomic E-state index is 0.0319. The lowest BCUT2D eigenvalue weighted by molar-refractivity contribution is 0.104. The quantitative estimate of drug-likeness (QED) is 0.127. The lowest BCUT2D eigenvalue weighted by Crippen LogP contribution is -1.92. The summed E-state index contributed by atoms with van der Waals surface area (Å²) in [6, 6.07) is 39.7. The zero-order chi connectivity index (χ0) is 34.3. The molecule has 4 aromatic carbocycles. The highest BCUT2D eigenvalue weighted by Crippen LogP contribution is 2.07. The number of hydrogen-bond acceptors (Lipinski definition) is 1. The lowest BCUT2D eigenvalue weighted by Gasteiger charge is -1.94. The standard InChI is InChI=1S/C15H12O.C14H12.2C3H8.4C2H6/c16-15(14-9-5-2-6-10-14)12-11-13-7-3-1-4-8-13;1-3-7-13(8-4-1)11-12-14-9-5-2-6-10-14;2*1-3-2;4*1-2/h1-12H;1-12H;2*3H2,1-2H3;4*1-2H3/b2*12-11+;;;;;;. The Morgan fingerprint density at radius 2 is 0.636 bits per heavy atom. The van der Waals surface area contributed by atoms with Gasteiger partial charge in [0.1, 0.15) is 0 Å². The first-order valence-electron chi connectivity index (χ1n) is 16.7. The summed E-state index contributed by atoms with van der Waals surface area (Å²) < 4.78 is 0. The smallest absolute Gasteiger partial charge is 0.185 e. The van der Waals surface area contributed by atoms with Crippen LogP contribution in [0.4, 0.5) is 0 Å². The maximum Gasteiger partial charge on any atom is 0.185 e. The van der Waals surface area contributed by atoms with E-state index < -0.39 is 0 Å². The number of hydrogen-bond donors (Lipinski definition) is 0. The Morgan fingerprint density at radius 3 is 0.909 bits per heavy atom. The minimum Gasteiger partial charge on any atom is -0.289 e. The third kappa shape index (κ3) is 29.5. The van der Waals surface area contributed by atoms with E-state index in [2.05, 4.69) is 64.1 Å². The maximum absolute atomic E-state index is 11.7. The Kier molecular flexibility index (Phi) is 43.9. The molecule has 0 unspecified atom stereocenters. The molecule has 0 fully saturated rings. The van der Waals surface area contributed by atoms with Gasteiger partial charge in [-0.3, -0.25) is 4.79 Å². The van der Waals surface area contributed by atoms with Crippen molar-refractivity contribution in [1.82, 2.24) is 0 Å². The number of carbonyl (C=O) groups excluding carboxylic acids is 1. The van der Waals surface area contributed by atoms with Crippen LogP contribution in [0.2, 0.25) is 0 Å². The highest BCUT2D eigenvalue weighted by atomic mass is 16.1. The Hall–Kier alpha value is -3.97. The summed E-state index contributed by atoms with van der Waals surface area (Å²) in [5.41, 5.74) is 4.22. The van der Waals surface area contributed by atoms with Crippen molar-refractivity contribution >= 4 is 24.0 Å². The van der Waals surface area contributed by atoms with E-state index in [4.69, 9.17) is 0 Å². The molecular formula is C43H64O. The fourth-order valence-electron chi connectivity index (χ4n) is 2.76. The summed E-state index contributed by atoms with van der Waals surface area (Å²) in [5, 5.41) is 0. The van der Waals surface area contributed by atoms with Crippen LogP contribution >= 0.6 is 0 Å². The lowest BCUT2D eigenvalue weighted by atomic mass is 10.1. The molecule has 0 bridgehead atoms. The van der Waals surface area contributed by atoms with Gasteiger partial charge < -0.3 is 0 Å². The molecule has 0 aliphatic rings. The van der Waals surface area contributed by atoms with Gasteiger partial charge in [0, 0.05) is 5.56 Å². The first-order chi connectivity index (χ1) is 21.6. The molecule has 0 atom stereocenters. The van der Waals surface area contributed by atoms with Crippen LogP contribution < -0.4 is 0 Å². The molecule has 0 N–H and O–H groups in total. The van der Waals surface area contributed by atoms with E-state index in [1.54, 1.807) is 6.08 Å². The van der Waals surface area contributed by atoms with Crippen LogP contribution in [0.25, 0.3) is 18.2 Å². The molecule has 0 radical (unpaired) electrons. The van der Waals surface area contributed by atoms with Crippen molar-refractivity contribution < 1.29 is 4.79 Å². The van der Waals surface area contributed by atoms with E-state index in [-0.39, 0.29) is 5.78 Å². The van der Waals surface area contributed by atoms with E-state index in [0.29, 0.717) is 0 Å². The molecule has 44 heavy (non-hydrogen) atoms. The summed E-state index contributed by atoms with van der Waals surface area (Å²) in [7, 11) is 0. The van der Waals surface area contributed by atoms with Crippen molar-refractivity contribution in [3.8, 4) is 0 Å². The molecule has 0 heterocycles. The molecule has 0 amide bonds. The van der Waals surface area contributed by atoms with Gasteiger partial charge in [0.2, 0.25) is 0 Å². The summed E-state index contributed by atoms with van der Waals surface area (Å²) >= 11 is 0. The molecule has 4 rings (SSSR count). The molecule has 0 aliphatic carbocycles. The van der Waals surface area contributed by atoms with Crippen LogP contribution in [-0.4, -0.2) is 5.78 Å². The number of rotatable bonds is 5. The number of allylic oxidation sites excluding steroid dienone is 1. The summed E-state index contributed by atoms with van der Waals surface area (Å²) in [6.07, 6.45) is 10.2. The second kappa shape index (κ2) is 41.2. The van der Waals surface area contributed by atoms with Crippen molar-refractivity contribution in [2.24, 2.45) is 0 Å². The molecule has 0 saturated carbocycles. The van der Waals surface area contributed by atoms with Crippen LogP contribution in [0.3, 0.4) is 0 Å². The molecule has 4 aromatic rings. The first kappa shape index (κ1) is 47.0. The Labute approximate surface area is 273 Å². The van der Waals surface area contributed by atoms with E-state index in [1.165, 1.54) is 24.0 Å². The minimum absolute atomic E-state index is 0.0319. The third-order valence-corrected chi connectivity index (χ3v) is 4.35. The van der Waals surface area contributed by atoms with Crippen molar-refractivity contribution in [3.05, 3.63) is 150 Å². The van der Waals surface area contributed by atoms with Gasteiger partial charge in [0.05, 0.1) is 0 Å². The zero-order valence-electron chi connectivity index (χ0n) is 30.2. The van der Waals surface area contributed by atoms with Crippen molar-refractivity contribution in [1.29, 1.82) is 0 Å². The topological polar surface area (TPSA) is 17.1 Å². The van der Waals surface area contributed by atoms with Gasteiger partial charge in [0.15, 0.2) is 5.78 Å². The monoisotopic (exact) mass is 596 g/mol. The van der Waals surface area contributed by atoms with Crippen molar-refractivity contribution in [2.75, 3.05) is 0 Å². The second-order valence-electron chi connectivity index (χ2n) is 8.04. The molecule has 242 valence electrons. The van der Waals surface area contributed by atoms with E-state index in [0.717, 1.165) is 11.1 Å². The van der Waals surface area contributed by atoms with Gasteiger partial charge in [-0.25, -0.2) is 0 Å². The van der Waals surface area contributed by atoms with Gasteiger partial charge >= 0.3 is 0 Å². The van der Waals surface area contributed by atoms with Crippen molar-refractivity contribution in [2.45, 2.75) is 95.9 Å². The van der Waals surface area contributed by atoms with Crippen LogP contribution in [0.5, 0.6) is 0 Å². The van der Waals surface area contributed by atoms with Crippen LogP contribution in [-0.2, 0) is 0 Å². The molecule has 0 spiro atoms. The Morgan fingerprint density at radius 1 is 0.409 bits per heavy atom. The summed E-state index contributed by atoms with van der Waals surface area (Å²) in [5.74, 6) is 0.0319. The van der Waals surface area contributed by atoms with E-state index in [9.17, 15) is 4.79 Å². The SMILES string of the molecule is C(=C\c1ccccc1)/c1ccccc1.CC.CC.CC.CC.CCC.CCC.O=C(/C=C/c1ccccc1)c1ccccc1. The molecular weight excluding hydrogens is 532 g/mol. The summed E-state index contributed by atoms with van der Waals surface area (Å²) in [4.78, 5) is 11.7. The highest BCUT2D eigenvalue weighted by molar-refractivity contribution is 6.06. The average Bonchev–Trinajstić information content (AvgIpc) is 3.12. The van der Waals surface area contributed by atoms with Gasteiger partial charge in [0.25, 0.3) is 0 Å². The van der Waals surface area contributed by atoms with E-state index >= 15 is 0 Å². The number of ketones is 1. The van der Waals surface area contributed by atoms with Gasteiger partial charge in [-0.2, -0.15) is 0 Å². The maximum atomic E-state index is 11.7. The zero-order valence-corrected chi connectivity index (χ0v) is 30.2. The highest BCUT2D eigenvalue weighted by Gasteiger charge is 1.98. The normalized spacial score (nSPS) is 8.55. The largest absolute Gasteiger partial charge is 0.289 e. The molecule has 1 heteroatoms. The predicted molar refractivity (Wildman–Crippen MR) is 205 cm³/mol. The first-order valence-corrected chi connectivity index (χ1v) is 16.7. The second-order valence-corrected chi connectivity index (χ2v) is 8.04. The third-order valence-electron chi connectivity index (χ3n) is 4.35. The predicted octanol–water partition coefficient (Wildman–Crippen LogP) is 14.4. The van der Waals surface area contributed by atoms with Crippen LogP contribution in [0.1, 0.15) is 123 Å². The van der Waals surface area contributed by atoms with Gasteiger partial charge in [-0.15, -0.1) is 0 Å². The summed E-state index contributed by atoms with van der Waals surface area (Å²) in [6.45, 7) is 24.5. The molecule has 1 nitrogen and oxygen atoms in total. The fourth-order valence-corrected chi connectivity index (χ4v) is 2.76. The number of benzene rings is 4. The van der Waals surface area contributed by atoms with Crippen LogP contribution in [0, 0.1) is 0 Å². The molecule has 0 saturated heterocycles. The van der Waals surface area contributed by atoms with Gasteiger partial charge in [-0.1, -0.05) is 235 Å². The number of carbonyl (C=O) groups is 1. The Balaban J connectivity index is -0.000000260. The van der Waals surface area contributed by atoms with Crippen molar-refractivity contribution in [3.63, 3.8) is 0 Å².